The van der Waals surface area contributed by atoms with Gasteiger partial charge in [0.2, 0.25) is 0 Å². The van der Waals surface area contributed by atoms with Crippen molar-refractivity contribution in [2.75, 3.05) is 33.5 Å². The standard InChI is InChI=1S/C16H26ClNO3/c1-3-13(18)12-14-15(17)6-4-7-16(14)21-11-10-20-9-5-8-19-2/h4,6-7,13H,3,5,8-12,18H2,1-2H3. The minimum atomic E-state index is 0.0949. The van der Waals surface area contributed by atoms with Gasteiger partial charge < -0.3 is 19.9 Å². The number of methoxy groups -OCH3 is 1. The molecule has 1 aromatic carbocycles. The summed E-state index contributed by atoms with van der Waals surface area (Å²) in [6, 6.07) is 5.78. The molecule has 0 spiro atoms. The molecule has 0 aliphatic rings. The van der Waals surface area contributed by atoms with E-state index in [1.54, 1.807) is 7.11 Å². The highest BCUT2D eigenvalue weighted by Crippen LogP contribution is 2.27. The summed E-state index contributed by atoms with van der Waals surface area (Å²) in [4.78, 5) is 0. The van der Waals surface area contributed by atoms with Crippen molar-refractivity contribution in [3.8, 4) is 5.75 Å². The van der Waals surface area contributed by atoms with E-state index in [1.807, 2.05) is 18.2 Å². The fraction of sp³-hybridized carbons (Fsp3) is 0.625. The van der Waals surface area contributed by atoms with Gasteiger partial charge >= 0.3 is 0 Å². The smallest absolute Gasteiger partial charge is 0.124 e. The molecular formula is C16H26ClNO3. The molecule has 0 aliphatic carbocycles. The van der Waals surface area contributed by atoms with Crippen LogP contribution in [0.2, 0.25) is 5.02 Å². The fourth-order valence-corrected chi connectivity index (χ4v) is 2.14. The summed E-state index contributed by atoms with van der Waals surface area (Å²) in [6.07, 6.45) is 2.53. The first-order chi connectivity index (χ1) is 10.2. The van der Waals surface area contributed by atoms with E-state index in [4.69, 9.17) is 31.5 Å². The Morgan fingerprint density at radius 2 is 2.00 bits per heavy atom. The molecule has 1 atom stereocenters. The topological polar surface area (TPSA) is 53.7 Å². The van der Waals surface area contributed by atoms with Gasteiger partial charge in [-0.25, -0.2) is 0 Å². The lowest BCUT2D eigenvalue weighted by molar-refractivity contribution is 0.0804. The summed E-state index contributed by atoms with van der Waals surface area (Å²) in [5, 5.41) is 0.706. The molecule has 0 aromatic heterocycles. The lowest BCUT2D eigenvalue weighted by Gasteiger charge is -2.16. The first-order valence-corrected chi connectivity index (χ1v) is 7.79. The van der Waals surface area contributed by atoms with E-state index in [2.05, 4.69) is 6.92 Å². The van der Waals surface area contributed by atoms with Crippen LogP contribution in [0.15, 0.2) is 18.2 Å². The van der Waals surface area contributed by atoms with Gasteiger partial charge in [-0.3, -0.25) is 0 Å². The van der Waals surface area contributed by atoms with Crippen LogP contribution >= 0.6 is 11.6 Å². The van der Waals surface area contributed by atoms with Crippen molar-refractivity contribution in [3.63, 3.8) is 0 Å². The quantitative estimate of drug-likeness (QED) is 0.638. The van der Waals surface area contributed by atoms with Crippen LogP contribution in [0.3, 0.4) is 0 Å². The predicted octanol–water partition coefficient (Wildman–Crippen LogP) is 3.05. The van der Waals surface area contributed by atoms with Crippen molar-refractivity contribution in [3.05, 3.63) is 28.8 Å². The highest BCUT2D eigenvalue weighted by molar-refractivity contribution is 6.31. The Morgan fingerprint density at radius 3 is 2.71 bits per heavy atom. The van der Waals surface area contributed by atoms with E-state index in [9.17, 15) is 0 Å². The minimum Gasteiger partial charge on any atom is -0.491 e. The molecule has 1 aromatic rings. The molecule has 1 unspecified atom stereocenters. The maximum atomic E-state index is 6.25. The number of rotatable bonds is 11. The molecule has 0 saturated carbocycles. The number of ether oxygens (including phenoxy) is 3. The second-order valence-electron chi connectivity index (χ2n) is 4.90. The van der Waals surface area contributed by atoms with Crippen LogP contribution in [0.4, 0.5) is 0 Å². The van der Waals surface area contributed by atoms with Crippen LogP contribution in [0.5, 0.6) is 5.75 Å². The van der Waals surface area contributed by atoms with Crippen LogP contribution in [0.1, 0.15) is 25.3 Å². The van der Waals surface area contributed by atoms with Gasteiger partial charge in [-0.1, -0.05) is 24.6 Å². The molecule has 0 saturated heterocycles. The maximum absolute atomic E-state index is 6.25. The molecule has 21 heavy (non-hydrogen) atoms. The monoisotopic (exact) mass is 315 g/mol. The Morgan fingerprint density at radius 1 is 1.19 bits per heavy atom. The molecule has 0 amide bonds. The van der Waals surface area contributed by atoms with Gasteiger partial charge in [0.15, 0.2) is 0 Å². The maximum Gasteiger partial charge on any atom is 0.124 e. The largest absolute Gasteiger partial charge is 0.491 e. The van der Waals surface area contributed by atoms with Gasteiger partial charge in [0.25, 0.3) is 0 Å². The highest BCUT2D eigenvalue weighted by atomic mass is 35.5. The third-order valence-corrected chi connectivity index (χ3v) is 3.54. The molecule has 0 fully saturated rings. The molecule has 4 nitrogen and oxygen atoms in total. The normalized spacial score (nSPS) is 12.4. The van der Waals surface area contributed by atoms with Gasteiger partial charge in [-0.2, -0.15) is 0 Å². The molecule has 2 N–H and O–H groups in total. The van der Waals surface area contributed by atoms with Gasteiger partial charge in [-0.05, 0) is 31.4 Å². The van der Waals surface area contributed by atoms with Crippen LogP contribution in [0.25, 0.3) is 0 Å². The van der Waals surface area contributed by atoms with Crippen LogP contribution in [-0.2, 0) is 15.9 Å². The van der Waals surface area contributed by atoms with Crippen molar-refractivity contribution in [1.29, 1.82) is 0 Å². The number of nitrogens with two attached hydrogens (primary N) is 1. The second kappa shape index (κ2) is 10.9. The van der Waals surface area contributed by atoms with E-state index < -0.39 is 0 Å². The number of hydrogen-bond donors (Lipinski definition) is 1. The van der Waals surface area contributed by atoms with Gasteiger partial charge in [-0.15, -0.1) is 0 Å². The number of halogens is 1. The van der Waals surface area contributed by atoms with E-state index in [1.165, 1.54) is 0 Å². The zero-order valence-corrected chi connectivity index (χ0v) is 13.7. The Hall–Kier alpha value is -0.810. The molecule has 0 heterocycles. The summed E-state index contributed by atoms with van der Waals surface area (Å²) < 4.78 is 16.2. The number of hydrogen-bond acceptors (Lipinski definition) is 4. The zero-order valence-electron chi connectivity index (χ0n) is 12.9. The van der Waals surface area contributed by atoms with Gasteiger partial charge in [0.05, 0.1) is 6.61 Å². The summed E-state index contributed by atoms with van der Waals surface area (Å²) in [5.74, 6) is 0.798. The van der Waals surface area contributed by atoms with Crippen molar-refractivity contribution in [2.45, 2.75) is 32.2 Å². The van der Waals surface area contributed by atoms with E-state index >= 15 is 0 Å². The third-order valence-electron chi connectivity index (χ3n) is 3.19. The Kier molecular flexibility index (Phi) is 9.42. The lowest BCUT2D eigenvalue weighted by Crippen LogP contribution is -2.22. The van der Waals surface area contributed by atoms with Crippen LogP contribution in [0, 0.1) is 0 Å². The summed E-state index contributed by atoms with van der Waals surface area (Å²) in [6.45, 7) is 4.52. The summed E-state index contributed by atoms with van der Waals surface area (Å²) >= 11 is 6.25. The van der Waals surface area contributed by atoms with Crippen molar-refractivity contribution in [2.24, 2.45) is 5.73 Å². The molecule has 5 heteroatoms. The Bertz CT molecular complexity index is 401. The van der Waals surface area contributed by atoms with E-state index in [0.717, 1.165) is 30.6 Å². The molecule has 120 valence electrons. The Labute approximate surface area is 132 Å². The minimum absolute atomic E-state index is 0.0949. The predicted molar refractivity (Wildman–Crippen MR) is 86.2 cm³/mol. The Balaban J connectivity index is 2.41. The lowest BCUT2D eigenvalue weighted by atomic mass is 10.0. The van der Waals surface area contributed by atoms with Crippen molar-refractivity contribution in [1.82, 2.24) is 0 Å². The van der Waals surface area contributed by atoms with Crippen molar-refractivity contribution < 1.29 is 14.2 Å². The molecule has 0 aliphatic heterocycles. The number of benzene rings is 1. The average molecular weight is 316 g/mol. The molecule has 0 radical (unpaired) electrons. The highest BCUT2D eigenvalue weighted by Gasteiger charge is 2.11. The zero-order chi connectivity index (χ0) is 15.5. The average Bonchev–Trinajstić information content (AvgIpc) is 2.49. The fourth-order valence-electron chi connectivity index (χ4n) is 1.90. The second-order valence-corrected chi connectivity index (χ2v) is 5.30. The SMILES string of the molecule is CCC(N)Cc1c(Cl)cccc1OCCOCCCOC. The van der Waals surface area contributed by atoms with Crippen molar-refractivity contribution >= 4 is 11.6 Å². The first-order valence-electron chi connectivity index (χ1n) is 7.41. The van der Waals surface area contributed by atoms with Gasteiger partial charge in [0.1, 0.15) is 12.4 Å². The molecule has 0 bridgehead atoms. The van der Waals surface area contributed by atoms with Crippen LogP contribution < -0.4 is 10.5 Å². The summed E-state index contributed by atoms with van der Waals surface area (Å²) in [7, 11) is 1.69. The molecule has 1 rings (SSSR count). The molecular weight excluding hydrogens is 290 g/mol. The first kappa shape index (κ1) is 18.2. The van der Waals surface area contributed by atoms with E-state index in [0.29, 0.717) is 31.5 Å². The van der Waals surface area contributed by atoms with E-state index in [-0.39, 0.29) is 6.04 Å². The summed E-state index contributed by atoms with van der Waals surface area (Å²) in [5.41, 5.74) is 6.99. The van der Waals surface area contributed by atoms with Crippen LogP contribution in [-0.4, -0.2) is 39.6 Å². The third kappa shape index (κ3) is 7.14. The van der Waals surface area contributed by atoms with Gasteiger partial charge in [0, 0.05) is 37.0 Å².